The summed E-state index contributed by atoms with van der Waals surface area (Å²) < 4.78 is 0. The third-order valence-corrected chi connectivity index (χ3v) is 2.09. The Balaban J connectivity index is 4.20. The van der Waals surface area contributed by atoms with Gasteiger partial charge in [-0.2, -0.15) is 0 Å². The molecule has 0 aliphatic heterocycles. The number of hydrogen-bond acceptors (Lipinski definition) is 3. The van der Waals surface area contributed by atoms with Crippen LogP contribution < -0.4 is 5.32 Å². The zero-order valence-electron chi connectivity index (χ0n) is 10.7. The van der Waals surface area contributed by atoms with Crippen molar-refractivity contribution in [3.8, 4) is 0 Å². The molecule has 0 heterocycles. The minimum Gasteiger partial charge on any atom is -0.392 e. The summed E-state index contributed by atoms with van der Waals surface area (Å²) in [5, 5.41) is 12.1. The summed E-state index contributed by atoms with van der Waals surface area (Å²) in [6.07, 6.45) is -0.417. The molecule has 0 rings (SSSR count). The molecule has 1 amide bonds. The SMILES string of the molecule is CC(O)CN(C)C(C)C(=O)NC(C)(C)C. The van der Waals surface area contributed by atoms with Crippen molar-refractivity contribution in [2.45, 2.75) is 52.3 Å². The van der Waals surface area contributed by atoms with E-state index in [4.69, 9.17) is 0 Å². The van der Waals surface area contributed by atoms with Gasteiger partial charge in [0.15, 0.2) is 0 Å². The van der Waals surface area contributed by atoms with Crippen LogP contribution in [0.2, 0.25) is 0 Å². The smallest absolute Gasteiger partial charge is 0.237 e. The predicted octanol–water partition coefficient (Wildman–Crippen LogP) is 0.602. The Hall–Kier alpha value is -0.610. The van der Waals surface area contributed by atoms with Gasteiger partial charge in [0.1, 0.15) is 0 Å². The van der Waals surface area contributed by atoms with Gasteiger partial charge in [-0.05, 0) is 41.7 Å². The number of likely N-dealkylation sites (N-methyl/N-ethyl adjacent to an activating group) is 1. The van der Waals surface area contributed by atoms with E-state index in [2.05, 4.69) is 5.32 Å². The number of carbonyl (C=O) groups is 1. The average Bonchev–Trinajstić information content (AvgIpc) is 1.98. The molecule has 0 saturated heterocycles. The molecule has 0 aromatic heterocycles. The van der Waals surface area contributed by atoms with Crippen molar-refractivity contribution >= 4 is 5.91 Å². The van der Waals surface area contributed by atoms with E-state index in [-0.39, 0.29) is 17.5 Å². The molecule has 0 radical (unpaired) electrons. The average molecular weight is 216 g/mol. The minimum absolute atomic E-state index is 0.00866. The van der Waals surface area contributed by atoms with Crippen LogP contribution in [-0.2, 0) is 4.79 Å². The first-order valence-electron chi connectivity index (χ1n) is 5.34. The maximum Gasteiger partial charge on any atom is 0.237 e. The van der Waals surface area contributed by atoms with E-state index >= 15 is 0 Å². The maximum atomic E-state index is 11.7. The first-order chi connectivity index (χ1) is 6.63. The van der Waals surface area contributed by atoms with Gasteiger partial charge < -0.3 is 10.4 Å². The number of carbonyl (C=O) groups excluding carboxylic acids is 1. The van der Waals surface area contributed by atoms with Crippen LogP contribution in [0.1, 0.15) is 34.6 Å². The fourth-order valence-electron chi connectivity index (χ4n) is 1.25. The maximum absolute atomic E-state index is 11.7. The van der Waals surface area contributed by atoms with Crippen LogP contribution in [0.15, 0.2) is 0 Å². The number of rotatable bonds is 4. The molecule has 0 saturated carbocycles. The third-order valence-electron chi connectivity index (χ3n) is 2.09. The first kappa shape index (κ1) is 14.4. The molecule has 4 heteroatoms. The highest BCUT2D eigenvalue weighted by atomic mass is 16.3. The number of amides is 1. The first-order valence-corrected chi connectivity index (χ1v) is 5.34. The Morgan fingerprint density at radius 3 is 2.20 bits per heavy atom. The number of hydrogen-bond donors (Lipinski definition) is 2. The Bertz CT molecular complexity index is 209. The second-order valence-corrected chi connectivity index (χ2v) is 5.20. The molecule has 2 unspecified atom stereocenters. The topological polar surface area (TPSA) is 52.6 Å². The van der Waals surface area contributed by atoms with Crippen molar-refractivity contribution in [3.05, 3.63) is 0 Å². The molecule has 2 N–H and O–H groups in total. The van der Waals surface area contributed by atoms with Crippen LogP contribution in [0.4, 0.5) is 0 Å². The fraction of sp³-hybridized carbons (Fsp3) is 0.909. The minimum atomic E-state index is -0.417. The molecule has 4 nitrogen and oxygen atoms in total. The van der Waals surface area contributed by atoms with Crippen LogP contribution in [-0.4, -0.2) is 47.2 Å². The van der Waals surface area contributed by atoms with Crippen molar-refractivity contribution in [1.82, 2.24) is 10.2 Å². The standard InChI is InChI=1S/C11H24N2O2/c1-8(14)7-13(6)9(2)10(15)12-11(3,4)5/h8-9,14H,7H2,1-6H3,(H,12,15). The van der Waals surface area contributed by atoms with E-state index in [1.54, 1.807) is 6.92 Å². The molecule has 0 aliphatic carbocycles. The normalized spacial score (nSPS) is 16.3. The quantitative estimate of drug-likeness (QED) is 0.723. The van der Waals surface area contributed by atoms with Crippen LogP contribution in [0.5, 0.6) is 0 Å². The van der Waals surface area contributed by atoms with Gasteiger partial charge in [-0.15, -0.1) is 0 Å². The van der Waals surface area contributed by atoms with Gasteiger partial charge in [0, 0.05) is 12.1 Å². The zero-order valence-corrected chi connectivity index (χ0v) is 10.7. The predicted molar refractivity (Wildman–Crippen MR) is 61.7 cm³/mol. The number of aliphatic hydroxyl groups excluding tert-OH is 1. The lowest BCUT2D eigenvalue weighted by atomic mass is 10.1. The summed E-state index contributed by atoms with van der Waals surface area (Å²) in [5.41, 5.74) is -0.211. The van der Waals surface area contributed by atoms with Crippen LogP contribution >= 0.6 is 0 Å². The number of nitrogens with one attached hydrogen (secondary N) is 1. The molecule has 2 atom stereocenters. The molecule has 0 fully saturated rings. The lowest BCUT2D eigenvalue weighted by Gasteiger charge is -2.28. The molecule has 0 bridgehead atoms. The van der Waals surface area contributed by atoms with Crippen molar-refractivity contribution in [2.24, 2.45) is 0 Å². The van der Waals surface area contributed by atoms with E-state index in [1.165, 1.54) is 0 Å². The van der Waals surface area contributed by atoms with Gasteiger partial charge in [0.05, 0.1) is 12.1 Å². The third kappa shape index (κ3) is 6.47. The van der Waals surface area contributed by atoms with Gasteiger partial charge in [-0.3, -0.25) is 9.69 Å². The second kappa shape index (κ2) is 5.47. The largest absolute Gasteiger partial charge is 0.392 e. The summed E-state index contributed by atoms with van der Waals surface area (Å²) in [5.74, 6) is -0.00866. The second-order valence-electron chi connectivity index (χ2n) is 5.20. The molecule has 0 spiro atoms. The highest BCUT2D eigenvalue weighted by Crippen LogP contribution is 2.03. The Labute approximate surface area is 92.7 Å². The van der Waals surface area contributed by atoms with E-state index in [0.29, 0.717) is 6.54 Å². The van der Waals surface area contributed by atoms with E-state index in [9.17, 15) is 9.90 Å². The highest BCUT2D eigenvalue weighted by molar-refractivity contribution is 5.81. The molecule has 90 valence electrons. The van der Waals surface area contributed by atoms with Gasteiger partial charge in [0.2, 0.25) is 5.91 Å². The van der Waals surface area contributed by atoms with Crippen molar-refractivity contribution in [2.75, 3.05) is 13.6 Å². The Morgan fingerprint density at radius 2 is 1.87 bits per heavy atom. The van der Waals surface area contributed by atoms with Gasteiger partial charge in [0.25, 0.3) is 0 Å². The summed E-state index contributed by atoms with van der Waals surface area (Å²) in [4.78, 5) is 13.6. The van der Waals surface area contributed by atoms with Crippen molar-refractivity contribution < 1.29 is 9.90 Å². The molecule has 0 aliphatic rings. The van der Waals surface area contributed by atoms with Crippen LogP contribution in [0, 0.1) is 0 Å². The molecular weight excluding hydrogens is 192 g/mol. The molecular formula is C11H24N2O2. The van der Waals surface area contributed by atoms with Crippen LogP contribution in [0.3, 0.4) is 0 Å². The fourth-order valence-corrected chi connectivity index (χ4v) is 1.25. The molecule has 15 heavy (non-hydrogen) atoms. The lowest BCUT2D eigenvalue weighted by molar-refractivity contribution is -0.127. The van der Waals surface area contributed by atoms with E-state index in [1.807, 2.05) is 39.6 Å². The molecule has 0 aromatic rings. The summed E-state index contributed by atoms with van der Waals surface area (Å²) in [6.45, 7) is 9.90. The van der Waals surface area contributed by atoms with Crippen molar-refractivity contribution in [1.29, 1.82) is 0 Å². The number of aliphatic hydroxyl groups is 1. The van der Waals surface area contributed by atoms with Gasteiger partial charge in [-0.1, -0.05) is 0 Å². The summed E-state index contributed by atoms with van der Waals surface area (Å²) in [6, 6.07) is -0.223. The monoisotopic (exact) mass is 216 g/mol. The van der Waals surface area contributed by atoms with Gasteiger partial charge in [-0.25, -0.2) is 0 Å². The lowest BCUT2D eigenvalue weighted by Crippen LogP contribution is -2.51. The Kier molecular flexibility index (Phi) is 5.24. The molecule has 0 aromatic carbocycles. The zero-order chi connectivity index (χ0) is 12.2. The Morgan fingerprint density at radius 1 is 1.40 bits per heavy atom. The van der Waals surface area contributed by atoms with Crippen LogP contribution in [0.25, 0.3) is 0 Å². The van der Waals surface area contributed by atoms with Gasteiger partial charge >= 0.3 is 0 Å². The summed E-state index contributed by atoms with van der Waals surface area (Å²) in [7, 11) is 1.83. The van der Waals surface area contributed by atoms with Crippen molar-refractivity contribution in [3.63, 3.8) is 0 Å². The highest BCUT2D eigenvalue weighted by Gasteiger charge is 2.22. The van der Waals surface area contributed by atoms with E-state index < -0.39 is 6.10 Å². The van der Waals surface area contributed by atoms with E-state index in [0.717, 1.165) is 0 Å². The summed E-state index contributed by atoms with van der Waals surface area (Å²) >= 11 is 0. The number of nitrogens with zero attached hydrogens (tertiary/aromatic N) is 1.